The molecule has 8 atom stereocenters. The largest absolute Gasteiger partial charge is 0.848 e. The fourth-order valence-electron chi connectivity index (χ4n) is 6.74. The molecule has 5 rings (SSSR count). The lowest BCUT2D eigenvalue weighted by atomic mass is 9.77. The van der Waals surface area contributed by atoms with Crippen molar-refractivity contribution in [2.45, 2.75) is 83.0 Å². The highest BCUT2D eigenvalue weighted by Gasteiger charge is 2.74. The number of hydrogen-bond donors (Lipinski definition) is 1. The SMILES string of the molecule is CC[C@H]([O-])[C@@H]1CC[C@@H]2O[C@@]34CCC[N+]1(O)C2C3[C@H](C)/C(=C1/OC(=O)C(C)=C1OC)O4. The second-order valence-corrected chi connectivity index (χ2v) is 9.42. The molecule has 8 nitrogen and oxygen atoms in total. The first-order chi connectivity index (χ1) is 14.3. The minimum Gasteiger partial charge on any atom is -0.848 e. The Morgan fingerprint density at radius 2 is 2.17 bits per heavy atom. The summed E-state index contributed by atoms with van der Waals surface area (Å²) in [4.78, 5) is 12.1. The molecule has 0 radical (unpaired) electrons. The highest BCUT2D eigenvalue weighted by molar-refractivity contribution is 5.93. The molecule has 30 heavy (non-hydrogen) atoms. The Balaban J connectivity index is 1.59. The van der Waals surface area contributed by atoms with Crippen LogP contribution in [0.3, 0.4) is 0 Å². The summed E-state index contributed by atoms with van der Waals surface area (Å²) in [5, 5.41) is 24.7. The lowest BCUT2D eigenvalue weighted by Crippen LogP contribution is -2.71. The third-order valence-corrected chi connectivity index (χ3v) is 8.03. The van der Waals surface area contributed by atoms with E-state index in [1.54, 1.807) is 6.92 Å². The van der Waals surface area contributed by atoms with Crippen molar-refractivity contribution in [1.82, 2.24) is 0 Å². The van der Waals surface area contributed by atoms with Crippen molar-refractivity contribution >= 4 is 5.97 Å². The molecule has 5 aliphatic rings. The minimum atomic E-state index is -0.860. The van der Waals surface area contributed by atoms with Gasteiger partial charge in [0.2, 0.25) is 11.5 Å². The van der Waals surface area contributed by atoms with Gasteiger partial charge >= 0.3 is 5.97 Å². The Kier molecular flexibility index (Phi) is 4.53. The number of carbonyl (C=O) groups excluding carboxylic acids is 1. The standard InChI is InChI=1S/C22H31NO7/c1-5-14(24)13-7-8-15-17-16-11(2)19(20-18(27-4)12(3)21(25)28-20)30-22(16,29-15)9-6-10-23(13,17)26/h11,13-17,26H,5-10H2,1-4H3/b20-19-/t11-,13-,14-,15-,16?,17?,22+,23?/m0/s1. The molecule has 0 aromatic heterocycles. The third kappa shape index (κ3) is 2.45. The maximum Gasteiger partial charge on any atom is 0.343 e. The molecular formula is C22H31NO7. The summed E-state index contributed by atoms with van der Waals surface area (Å²) in [5.74, 6) is -0.312. The number of hydrogen-bond acceptors (Lipinski definition) is 7. The highest BCUT2D eigenvalue weighted by atomic mass is 16.7. The van der Waals surface area contributed by atoms with Crippen molar-refractivity contribution in [2.75, 3.05) is 13.7 Å². The molecule has 5 aliphatic heterocycles. The van der Waals surface area contributed by atoms with E-state index in [2.05, 4.69) is 0 Å². The van der Waals surface area contributed by atoms with Crippen LogP contribution in [0.1, 0.15) is 52.9 Å². The van der Waals surface area contributed by atoms with Crippen LogP contribution in [0, 0.1) is 11.8 Å². The van der Waals surface area contributed by atoms with Crippen LogP contribution in [-0.2, 0) is 23.7 Å². The van der Waals surface area contributed by atoms with E-state index >= 15 is 0 Å². The fraction of sp³-hybridized carbons (Fsp3) is 0.773. The third-order valence-electron chi connectivity index (χ3n) is 8.03. The van der Waals surface area contributed by atoms with Gasteiger partial charge in [-0.05, 0) is 13.3 Å². The van der Waals surface area contributed by atoms with Crippen molar-refractivity contribution < 1.29 is 38.7 Å². The van der Waals surface area contributed by atoms with E-state index in [0.717, 1.165) is 6.42 Å². The van der Waals surface area contributed by atoms with Gasteiger partial charge in [-0.3, -0.25) is 0 Å². The molecule has 5 heterocycles. The molecule has 166 valence electrons. The lowest BCUT2D eigenvalue weighted by Gasteiger charge is -2.52. The summed E-state index contributed by atoms with van der Waals surface area (Å²) in [7, 11) is 1.51. The molecule has 4 saturated heterocycles. The van der Waals surface area contributed by atoms with Crippen LogP contribution in [0.5, 0.6) is 0 Å². The molecule has 0 aromatic carbocycles. The Labute approximate surface area is 176 Å². The van der Waals surface area contributed by atoms with Gasteiger partial charge in [0.25, 0.3) is 0 Å². The zero-order valence-corrected chi connectivity index (χ0v) is 18.1. The van der Waals surface area contributed by atoms with Gasteiger partial charge in [0.15, 0.2) is 11.8 Å². The van der Waals surface area contributed by atoms with E-state index in [0.29, 0.717) is 55.1 Å². The minimum absolute atomic E-state index is 0.123. The number of methoxy groups -OCH3 is 1. The quantitative estimate of drug-likeness (QED) is 0.547. The van der Waals surface area contributed by atoms with Crippen LogP contribution in [0.4, 0.5) is 0 Å². The van der Waals surface area contributed by atoms with Crippen LogP contribution < -0.4 is 5.11 Å². The van der Waals surface area contributed by atoms with Crippen LogP contribution >= 0.6 is 0 Å². The number of esters is 1. The summed E-state index contributed by atoms with van der Waals surface area (Å²) in [6.07, 6.45) is 2.31. The van der Waals surface area contributed by atoms with Crippen LogP contribution in [-0.4, -0.2) is 59.6 Å². The number of carbonyl (C=O) groups is 1. The van der Waals surface area contributed by atoms with Crippen molar-refractivity contribution in [2.24, 2.45) is 11.8 Å². The number of hydroxylamine groups is 3. The van der Waals surface area contributed by atoms with E-state index in [-0.39, 0.29) is 34.7 Å². The zero-order valence-electron chi connectivity index (χ0n) is 18.1. The first kappa shape index (κ1) is 20.3. The Hall–Kier alpha value is -1.61. The molecule has 8 heteroatoms. The molecular weight excluding hydrogens is 390 g/mol. The highest BCUT2D eigenvalue weighted by Crippen LogP contribution is 2.61. The van der Waals surface area contributed by atoms with Gasteiger partial charge in [-0.1, -0.05) is 26.4 Å². The summed E-state index contributed by atoms with van der Waals surface area (Å²) >= 11 is 0. The van der Waals surface area contributed by atoms with E-state index in [9.17, 15) is 15.1 Å². The van der Waals surface area contributed by atoms with Crippen molar-refractivity contribution in [3.63, 3.8) is 0 Å². The number of allylic oxidation sites excluding steroid dienone is 1. The molecule has 2 bridgehead atoms. The first-order valence-corrected chi connectivity index (χ1v) is 11.1. The number of piperidine rings is 1. The van der Waals surface area contributed by atoms with Gasteiger partial charge in [0.05, 0.1) is 18.6 Å². The molecule has 1 N–H and O–H groups in total. The predicted molar refractivity (Wildman–Crippen MR) is 101 cm³/mol. The van der Waals surface area contributed by atoms with Gasteiger partial charge in [-0.25, -0.2) is 10.0 Å². The Morgan fingerprint density at radius 1 is 1.40 bits per heavy atom. The molecule has 0 spiro atoms. The van der Waals surface area contributed by atoms with Gasteiger partial charge in [-0.15, -0.1) is 0 Å². The maximum atomic E-state index is 12.8. The maximum absolute atomic E-state index is 12.8. The number of ether oxygens (including phenoxy) is 4. The lowest BCUT2D eigenvalue weighted by molar-refractivity contribution is -1.15. The van der Waals surface area contributed by atoms with E-state index in [1.165, 1.54) is 7.11 Å². The summed E-state index contributed by atoms with van der Waals surface area (Å²) in [6.45, 7) is 6.14. The second kappa shape index (κ2) is 6.69. The molecule has 0 amide bonds. The molecule has 0 aliphatic carbocycles. The van der Waals surface area contributed by atoms with Gasteiger partial charge in [-0.2, -0.15) is 4.65 Å². The van der Waals surface area contributed by atoms with Crippen LogP contribution in [0.15, 0.2) is 22.9 Å². The van der Waals surface area contributed by atoms with Gasteiger partial charge < -0.3 is 24.1 Å². The van der Waals surface area contributed by atoms with E-state index in [1.807, 2.05) is 13.8 Å². The number of quaternary nitrogens is 1. The smallest absolute Gasteiger partial charge is 0.343 e. The normalized spacial score (nSPS) is 48.2. The summed E-state index contributed by atoms with van der Waals surface area (Å²) < 4.78 is 23.7. The van der Waals surface area contributed by atoms with Crippen molar-refractivity contribution in [3.05, 3.63) is 22.9 Å². The van der Waals surface area contributed by atoms with Crippen molar-refractivity contribution in [3.8, 4) is 0 Å². The van der Waals surface area contributed by atoms with E-state index < -0.39 is 17.9 Å². The molecule has 0 aromatic rings. The van der Waals surface area contributed by atoms with Gasteiger partial charge in [0, 0.05) is 25.2 Å². The average molecular weight is 421 g/mol. The Bertz CT molecular complexity index is 837. The summed E-state index contributed by atoms with van der Waals surface area (Å²) in [5.41, 5.74) is 0.412. The monoisotopic (exact) mass is 421 g/mol. The van der Waals surface area contributed by atoms with Gasteiger partial charge in [0.1, 0.15) is 24.4 Å². The van der Waals surface area contributed by atoms with Crippen molar-refractivity contribution in [1.29, 1.82) is 0 Å². The van der Waals surface area contributed by atoms with Crippen LogP contribution in [0.2, 0.25) is 0 Å². The second-order valence-electron chi connectivity index (χ2n) is 9.42. The fourth-order valence-corrected chi connectivity index (χ4v) is 6.74. The zero-order chi connectivity index (χ0) is 21.4. The number of rotatable bonds is 3. The van der Waals surface area contributed by atoms with E-state index in [4.69, 9.17) is 18.9 Å². The predicted octanol–water partition coefficient (Wildman–Crippen LogP) is 1.72. The number of cyclic esters (lactones) is 1. The molecule has 0 saturated carbocycles. The summed E-state index contributed by atoms with van der Waals surface area (Å²) in [6, 6.07) is -0.561. The molecule has 3 unspecified atom stereocenters. The first-order valence-electron chi connectivity index (χ1n) is 11.1. The average Bonchev–Trinajstić information content (AvgIpc) is 3.25. The number of nitrogens with zero attached hydrogens (tertiary/aromatic N) is 1. The molecule has 4 fully saturated rings. The Morgan fingerprint density at radius 3 is 2.87 bits per heavy atom. The van der Waals surface area contributed by atoms with Crippen LogP contribution in [0.25, 0.3) is 0 Å². The topological polar surface area (TPSA) is 97.3 Å².